The van der Waals surface area contributed by atoms with E-state index in [9.17, 15) is 8.42 Å². The maximum absolute atomic E-state index is 11.3. The van der Waals surface area contributed by atoms with Gasteiger partial charge in [0.05, 0.1) is 11.5 Å². The van der Waals surface area contributed by atoms with Crippen LogP contribution in [0.15, 0.2) is 4.99 Å². The lowest BCUT2D eigenvalue weighted by Gasteiger charge is -2.17. The van der Waals surface area contributed by atoms with Gasteiger partial charge in [0.1, 0.15) is 0 Å². The van der Waals surface area contributed by atoms with Crippen molar-refractivity contribution in [2.45, 2.75) is 24.6 Å². The van der Waals surface area contributed by atoms with Gasteiger partial charge in [0.15, 0.2) is 15.8 Å². The Morgan fingerprint density at radius 1 is 1.56 bits per heavy atom. The van der Waals surface area contributed by atoms with Crippen LogP contribution in [0.5, 0.6) is 0 Å². The van der Waals surface area contributed by atoms with E-state index in [0.29, 0.717) is 17.6 Å². The van der Waals surface area contributed by atoms with Crippen LogP contribution in [0.1, 0.15) is 13.3 Å². The van der Waals surface area contributed by atoms with E-state index < -0.39 is 9.84 Å². The summed E-state index contributed by atoms with van der Waals surface area (Å²) in [4.78, 5) is 4.10. The van der Waals surface area contributed by atoms with Crippen LogP contribution in [-0.4, -0.2) is 57.0 Å². The molecule has 1 rings (SSSR count). The summed E-state index contributed by atoms with van der Waals surface area (Å²) in [6.45, 7) is 2.95. The standard InChI is InChI=1S/C10H21N3O2S2.HI/c1-8(16-3)6-12-10(11-2)13-9-4-5-17(14,15)7-9;/h8-9H,4-7H2,1-3H3,(H2,11,12,13);1H. The molecule has 18 heavy (non-hydrogen) atoms. The SMILES string of the molecule is CN=C(NCC(C)SC)NC1CCS(=O)(=O)C1.I. The molecule has 1 saturated heterocycles. The number of thioether (sulfide) groups is 1. The lowest BCUT2D eigenvalue weighted by atomic mass is 10.3. The number of guanidine groups is 1. The number of hydrogen-bond acceptors (Lipinski definition) is 4. The summed E-state index contributed by atoms with van der Waals surface area (Å²) in [6, 6.07) is -0.00390. The molecule has 2 atom stereocenters. The lowest BCUT2D eigenvalue weighted by Crippen LogP contribution is -2.45. The van der Waals surface area contributed by atoms with Crippen LogP contribution < -0.4 is 10.6 Å². The molecule has 1 heterocycles. The van der Waals surface area contributed by atoms with Gasteiger partial charge in [-0.05, 0) is 12.7 Å². The Labute approximate surface area is 131 Å². The maximum atomic E-state index is 11.3. The molecule has 1 fully saturated rings. The Balaban J connectivity index is 0.00000289. The van der Waals surface area contributed by atoms with Crippen LogP contribution in [0.2, 0.25) is 0 Å². The molecule has 0 aliphatic carbocycles. The van der Waals surface area contributed by atoms with Crippen molar-refractivity contribution in [2.75, 3.05) is 31.4 Å². The minimum absolute atomic E-state index is 0. The minimum Gasteiger partial charge on any atom is -0.355 e. The van der Waals surface area contributed by atoms with Gasteiger partial charge in [0.25, 0.3) is 0 Å². The molecule has 0 radical (unpaired) electrons. The number of rotatable bonds is 4. The van der Waals surface area contributed by atoms with Crippen molar-refractivity contribution in [2.24, 2.45) is 4.99 Å². The summed E-state index contributed by atoms with van der Waals surface area (Å²) in [5, 5.41) is 6.85. The third-order valence-electron chi connectivity index (χ3n) is 2.76. The van der Waals surface area contributed by atoms with Gasteiger partial charge in [0, 0.05) is 24.9 Å². The van der Waals surface area contributed by atoms with Crippen LogP contribution in [-0.2, 0) is 9.84 Å². The zero-order valence-corrected chi connectivity index (χ0v) is 14.9. The minimum atomic E-state index is -2.83. The zero-order valence-electron chi connectivity index (χ0n) is 11.0. The van der Waals surface area contributed by atoms with Crippen molar-refractivity contribution in [3.63, 3.8) is 0 Å². The predicted molar refractivity (Wildman–Crippen MR) is 89.9 cm³/mol. The highest BCUT2D eigenvalue weighted by Gasteiger charge is 2.28. The summed E-state index contributed by atoms with van der Waals surface area (Å²) in [7, 11) is -1.14. The van der Waals surface area contributed by atoms with Gasteiger partial charge in [0.2, 0.25) is 0 Å². The normalized spacial score (nSPS) is 24.2. The first-order valence-electron chi connectivity index (χ1n) is 5.67. The molecule has 108 valence electrons. The Morgan fingerprint density at radius 3 is 2.67 bits per heavy atom. The van der Waals surface area contributed by atoms with Gasteiger partial charge in [-0.25, -0.2) is 8.42 Å². The van der Waals surface area contributed by atoms with E-state index in [1.54, 1.807) is 18.8 Å². The highest BCUT2D eigenvalue weighted by Crippen LogP contribution is 2.11. The van der Waals surface area contributed by atoms with Crippen molar-refractivity contribution < 1.29 is 8.42 Å². The fraction of sp³-hybridized carbons (Fsp3) is 0.900. The van der Waals surface area contributed by atoms with Crippen molar-refractivity contribution >= 4 is 51.5 Å². The van der Waals surface area contributed by atoms with Crippen molar-refractivity contribution in [3.05, 3.63) is 0 Å². The second-order valence-corrected chi connectivity index (χ2v) is 7.75. The van der Waals surface area contributed by atoms with Crippen LogP contribution in [0.25, 0.3) is 0 Å². The first-order valence-corrected chi connectivity index (χ1v) is 8.78. The molecule has 5 nitrogen and oxygen atoms in total. The Hall–Kier alpha value is 0.300. The summed E-state index contributed by atoms with van der Waals surface area (Å²) >= 11 is 1.78. The van der Waals surface area contributed by atoms with E-state index >= 15 is 0 Å². The smallest absolute Gasteiger partial charge is 0.191 e. The molecule has 2 N–H and O–H groups in total. The first kappa shape index (κ1) is 18.3. The van der Waals surface area contributed by atoms with Crippen molar-refractivity contribution in [1.82, 2.24) is 10.6 Å². The topological polar surface area (TPSA) is 70.6 Å². The van der Waals surface area contributed by atoms with Crippen LogP contribution in [0.3, 0.4) is 0 Å². The molecule has 0 aromatic carbocycles. The highest BCUT2D eigenvalue weighted by atomic mass is 127. The quantitative estimate of drug-likeness (QED) is 0.408. The van der Waals surface area contributed by atoms with E-state index in [-0.39, 0.29) is 41.5 Å². The maximum Gasteiger partial charge on any atom is 0.191 e. The number of aliphatic imine (C=N–C) groups is 1. The molecular formula is C10H22IN3O2S2. The molecule has 0 amide bonds. The Bertz CT molecular complexity index is 373. The second kappa shape index (κ2) is 8.47. The van der Waals surface area contributed by atoms with Gasteiger partial charge in [-0.1, -0.05) is 6.92 Å². The van der Waals surface area contributed by atoms with E-state index in [0.717, 1.165) is 6.54 Å². The molecule has 0 bridgehead atoms. The van der Waals surface area contributed by atoms with E-state index in [1.165, 1.54) is 0 Å². The fourth-order valence-electron chi connectivity index (χ4n) is 1.62. The number of nitrogens with zero attached hydrogens (tertiary/aromatic N) is 1. The second-order valence-electron chi connectivity index (χ2n) is 4.24. The van der Waals surface area contributed by atoms with Gasteiger partial charge in [-0.3, -0.25) is 4.99 Å². The molecule has 0 spiro atoms. The third-order valence-corrected chi connectivity index (χ3v) is 5.50. The molecule has 1 aliphatic heterocycles. The summed E-state index contributed by atoms with van der Waals surface area (Å²) in [6.07, 6.45) is 2.73. The Kier molecular flexibility index (Phi) is 8.61. The third kappa shape index (κ3) is 6.46. The number of nitrogens with one attached hydrogen (secondary N) is 2. The zero-order chi connectivity index (χ0) is 12.9. The Morgan fingerprint density at radius 2 is 2.22 bits per heavy atom. The van der Waals surface area contributed by atoms with Gasteiger partial charge in [-0.2, -0.15) is 11.8 Å². The van der Waals surface area contributed by atoms with E-state index in [1.807, 2.05) is 0 Å². The van der Waals surface area contributed by atoms with Crippen molar-refractivity contribution in [3.8, 4) is 0 Å². The van der Waals surface area contributed by atoms with E-state index in [4.69, 9.17) is 0 Å². The molecule has 0 aromatic rings. The molecular weight excluding hydrogens is 385 g/mol. The van der Waals surface area contributed by atoms with Crippen LogP contribution >= 0.6 is 35.7 Å². The molecule has 0 aromatic heterocycles. The largest absolute Gasteiger partial charge is 0.355 e. The van der Waals surface area contributed by atoms with Crippen molar-refractivity contribution in [1.29, 1.82) is 0 Å². The first-order chi connectivity index (χ1) is 7.96. The summed E-state index contributed by atoms with van der Waals surface area (Å²) in [5.74, 6) is 1.18. The monoisotopic (exact) mass is 407 g/mol. The summed E-state index contributed by atoms with van der Waals surface area (Å²) < 4.78 is 22.6. The van der Waals surface area contributed by atoms with Crippen LogP contribution in [0.4, 0.5) is 0 Å². The predicted octanol–water partition coefficient (Wildman–Crippen LogP) is 0.708. The van der Waals surface area contributed by atoms with Gasteiger partial charge >= 0.3 is 0 Å². The lowest BCUT2D eigenvalue weighted by molar-refractivity contribution is 0.599. The molecule has 1 aliphatic rings. The molecule has 8 heteroatoms. The number of hydrogen-bond donors (Lipinski definition) is 2. The van der Waals surface area contributed by atoms with Gasteiger partial charge < -0.3 is 10.6 Å². The number of halogens is 1. The number of sulfone groups is 1. The average molecular weight is 407 g/mol. The van der Waals surface area contributed by atoms with E-state index in [2.05, 4.69) is 28.8 Å². The van der Waals surface area contributed by atoms with Crippen LogP contribution in [0, 0.1) is 0 Å². The van der Waals surface area contributed by atoms with Gasteiger partial charge in [-0.15, -0.1) is 24.0 Å². The highest BCUT2D eigenvalue weighted by molar-refractivity contribution is 14.0. The summed E-state index contributed by atoms with van der Waals surface area (Å²) in [5.41, 5.74) is 0. The molecule has 2 unspecified atom stereocenters. The molecule has 0 saturated carbocycles. The average Bonchev–Trinajstić information content (AvgIpc) is 2.63. The fourth-order valence-corrected chi connectivity index (χ4v) is 3.54.